The van der Waals surface area contributed by atoms with Crippen LogP contribution in [-0.2, 0) is 0 Å². The lowest BCUT2D eigenvalue weighted by Crippen LogP contribution is -2.32. The molecular weight excluding hydrogens is 362 g/mol. The Labute approximate surface area is 169 Å². The van der Waals surface area contributed by atoms with E-state index in [0.717, 1.165) is 28.7 Å². The predicted molar refractivity (Wildman–Crippen MR) is 117 cm³/mol. The van der Waals surface area contributed by atoms with Crippen LogP contribution in [0, 0.1) is 13.8 Å². The Balaban J connectivity index is 2.04. The molecule has 1 unspecified atom stereocenters. The van der Waals surface area contributed by atoms with Crippen LogP contribution in [0.15, 0.2) is 42.5 Å². The zero-order chi connectivity index (χ0) is 20.7. The molecule has 1 amide bonds. The highest BCUT2D eigenvalue weighted by Crippen LogP contribution is 2.31. The summed E-state index contributed by atoms with van der Waals surface area (Å²) < 4.78 is 1.83. The van der Waals surface area contributed by atoms with E-state index in [1.54, 1.807) is 0 Å². The number of aromatic nitrogens is 3. The van der Waals surface area contributed by atoms with Crippen LogP contribution >= 0.6 is 0 Å². The van der Waals surface area contributed by atoms with Gasteiger partial charge in [0.15, 0.2) is 5.65 Å². The number of carbonyl (C=O) groups excluding carboxylic acids is 1. The molecule has 3 N–H and O–H groups in total. The van der Waals surface area contributed by atoms with Crippen molar-refractivity contribution in [1.82, 2.24) is 19.9 Å². The quantitative estimate of drug-likeness (QED) is 0.547. The van der Waals surface area contributed by atoms with Gasteiger partial charge in [-0.2, -0.15) is 0 Å². The number of hydrogen-bond acceptors (Lipinski definition) is 4. The fourth-order valence-electron chi connectivity index (χ4n) is 3.41. The summed E-state index contributed by atoms with van der Waals surface area (Å²) in [6.07, 6.45) is 0.829. The average molecular weight is 387 g/mol. The first kappa shape index (κ1) is 18.9. The van der Waals surface area contributed by atoms with Crippen LogP contribution in [0.25, 0.3) is 27.9 Å². The van der Waals surface area contributed by atoms with E-state index in [4.69, 9.17) is 15.7 Å². The number of anilines is 1. The molecule has 2 aromatic carbocycles. The summed E-state index contributed by atoms with van der Waals surface area (Å²) in [5.41, 5.74) is 12.7. The minimum Gasteiger partial charge on any atom is -0.384 e. The van der Waals surface area contributed by atoms with Gasteiger partial charge in [-0.3, -0.25) is 9.36 Å². The van der Waals surface area contributed by atoms with Crippen molar-refractivity contribution < 1.29 is 4.79 Å². The summed E-state index contributed by atoms with van der Waals surface area (Å²) in [5.74, 6) is 0.119. The number of para-hydroxylation sites is 2. The molecule has 0 aliphatic rings. The number of hydrogen-bond donors (Lipinski definition) is 2. The maximum Gasteiger partial charge on any atom is 0.257 e. The molecule has 0 fully saturated rings. The monoisotopic (exact) mass is 387 g/mol. The molecule has 148 valence electrons. The molecule has 1 atom stereocenters. The molecular formula is C23H25N5O. The van der Waals surface area contributed by atoms with E-state index < -0.39 is 0 Å². The summed E-state index contributed by atoms with van der Waals surface area (Å²) in [6.45, 7) is 8.12. The smallest absolute Gasteiger partial charge is 0.257 e. The van der Waals surface area contributed by atoms with E-state index >= 15 is 0 Å². The summed E-state index contributed by atoms with van der Waals surface area (Å²) in [7, 11) is 0. The van der Waals surface area contributed by atoms with Crippen molar-refractivity contribution in [3.05, 3.63) is 59.2 Å². The van der Waals surface area contributed by atoms with Gasteiger partial charge in [-0.1, -0.05) is 25.1 Å². The molecule has 6 heteroatoms. The Morgan fingerprint density at radius 2 is 1.79 bits per heavy atom. The van der Waals surface area contributed by atoms with Gasteiger partial charge in [0.25, 0.3) is 5.91 Å². The highest BCUT2D eigenvalue weighted by atomic mass is 16.1. The molecule has 29 heavy (non-hydrogen) atoms. The molecule has 0 bridgehead atoms. The number of fused-ring (bicyclic) bond motifs is 2. The summed E-state index contributed by atoms with van der Waals surface area (Å²) >= 11 is 0. The Morgan fingerprint density at radius 1 is 1.10 bits per heavy atom. The number of nitrogens with zero attached hydrogens (tertiary/aromatic N) is 3. The first-order valence-electron chi connectivity index (χ1n) is 9.85. The van der Waals surface area contributed by atoms with Crippen LogP contribution in [0.4, 0.5) is 5.82 Å². The van der Waals surface area contributed by atoms with Crippen molar-refractivity contribution in [3.8, 4) is 5.69 Å². The van der Waals surface area contributed by atoms with Gasteiger partial charge in [-0.05, 0) is 62.6 Å². The maximum atomic E-state index is 13.1. The van der Waals surface area contributed by atoms with Gasteiger partial charge in [0.1, 0.15) is 16.9 Å². The Bertz CT molecular complexity index is 1240. The molecule has 0 aliphatic carbocycles. The standard InChI is InChI=1S/C23H25N5O/c1-5-15(4)25-23(29)19-20-22(27-18-9-7-6-8-17(18)26-20)28(21(19)24)16-11-10-13(2)14(3)12-16/h6-12,15H,5,24H2,1-4H3,(H,25,29). The second-order valence-corrected chi connectivity index (χ2v) is 7.53. The third-order valence-corrected chi connectivity index (χ3v) is 5.46. The number of benzene rings is 2. The summed E-state index contributed by atoms with van der Waals surface area (Å²) in [6, 6.07) is 13.8. The van der Waals surface area contributed by atoms with Crippen LogP contribution in [0.1, 0.15) is 41.8 Å². The van der Waals surface area contributed by atoms with E-state index in [1.165, 1.54) is 5.56 Å². The lowest BCUT2D eigenvalue weighted by Gasteiger charge is -2.12. The van der Waals surface area contributed by atoms with Gasteiger partial charge in [0, 0.05) is 11.7 Å². The minimum absolute atomic E-state index is 0.0373. The molecule has 2 heterocycles. The summed E-state index contributed by atoms with van der Waals surface area (Å²) in [5, 5.41) is 3.01. The maximum absolute atomic E-state index is 13.1. The van der Waals surface area contributed by atoms with Gasteiger partial charge < -0.3 is 11.1 Å². The third-order valence-electron chi connectivity index (χ3n) is 5.46. The molecule has 0 aliphatic heterocycles. The van der Waals surface area contributed by atoms with E-state index in [0.29, 0.717) is 22.5 Å². The summed E-state index contributed by atoms with van der Waals surface area (Å²) in [4.78, 5) is 22.6. The number of rotatable bonds is 4. The molecule has 0 radical (unpaired) electrons. The van der Waals surface area contributed by atoms with Crippen molar-refractivity contribution in [2.24, 2.45) is 0 Å². The molecule has 0 saturated heterocycles. The number of nitrogens with one attached hydrogen (secondary N) is 1. The van der Waals surface area contributed by atoms with Crippen molar-refractivity contribution in [2.75, 3.05) is 5.73 Å². The minimum atomic E-state index is -0.228. The first-order chi connectivity index (χ1) is 13.9. The van der Waals surface area contributed by atoms with E-state index in [-0.39, 0.29) is 11.9 Å². The highest BCUT2D eigenvalue weighted by molar-refractivity contribution is 6.11. The van der Waals surface area contributed by atoms with Gasteiger partial charge in [0.05, 0.1) is 11.0 Å². The third kappa shape index (κ3) is 3.20. The number of amides is 1. The first-order valence-corrected chi connectivity index (χ1v) is 9.85. The van der Waals surface area contributed by atoms with Gasteiger partial charge in [-0.25, -0.2) is 9.97 Å². The van der Waals surface area contributed by atoms with Crippen LogP contribution in [0.3, 0.4) is 0 Å². The molecule has 0 saturated carbocycles. The van der Waals surface area contributed by atoms with Crippen LogP contribution < -0.4 is 11.1 Å². The Kier molecular flexibility index (Phi) is 4.70. The normalized spacial score (nSPS) is 12.4. The van der Waals surface area contributed by atoms with Crippen LogP contribution in [0.5, 0.6) is 0 Å². The van der Waals surface area contributed by atoms with Crippen molar-refractivity contribution in [3.63, 3.8) is 0 Å². The van der Waals surface area contributed by atoms with E-state index in [9.17, 15) is 4.79 Å². The van der Waals surface area contributed by atoms with Crippen molar-refractivity contribution >= 4 is 33.9 Å². The number of aryl methyl sites for hydroxylation is 2. The largest absolute Gasteiger partial charge is 0.384 e. The molecule has 4 aromatic rings. The van der Waals surface area contributed by atoms with E-state index in [1.807, 2.05) is 54.8 Å². The topological polar surface area (TPSA) is 85.8 Å². The number of nitrogen functional groups attached to an aromatic ring is 1. The lowest BCUT2D eigenvalue weighted by atomic mass is 10.1. The predicted octanol–water partition coefficient (Wildman–Crippen LogP) is 4.30. The van der Waals surface area contributed by atoms with Gasteiger partial charge in [0.2, 0.25) is 0 Å². The fourth-order valence-corrected chi connectivity index (χ4v) is 3.41. The van der Waals surface area contributed by atoms with Crippen molar-refractivity contribution in [1.29, 1.82) is 0 Å². The Hall–Kier alpha value is -3.41. The number of carbonyl (C=O) groups is 1. The lowest BCUT2D eigenvalue weighted by molar-refractivity contribution is 0.0941. The number of nitrogens with two attached hydrogens (primary N) is 1. The fraction of sp³-hybridized carbons (Fsp3) is 0.261. The average Bonchev–Trinajstić information content (AvgIpc) is 2.99. The highest BCUT2D eigenvalue weighted by Gasteiger charge is 2.25. The Morgan fingerprint density at radius 3 is 2.45 bits per heavy atom. The SMILES string of the molecule is CCC(C)NC(=O)c1c(N)n(-c2ccc(C)c(C)c2)c2nc3ccccc3nc12. The molecule has 0 spiro atoms. The molecule has 4 rings (SSSR count). The van der Waals surface area contributed by atoms with E-state index in [2.05, 4.69) is 25.2 Å². The second kappa shape index (κ2) is 7.20. The van der Waals surface area contributed by atoms with Gasteiger partial charge in [-0.15, -0.1) is 0 Å². The zero-order valence-electron chi connectivity index (χ0n) is 17.2. The second-order valence-electron chi connectivity index (χ2n) is 7.53. The zero-order valence-corrected chi connectivity index (χ0v) is 17.2. The molecule has 2 aromatic heterocycles. The molecule has 6 nitrogen and oxygen atoms in total. The van der Waals surface area contributed by atoms with Crippen LogP contribution in [-0.4, -0.2) is 26.5 Å². The van der Waals surface area contributed by atoms with Crippen LogP contribution in [0.2, 0.25) is 0 Å². The van der Waals surface area contributed by atoms with Gasteiger partial charge >= 0.3 is 0 Å². The van der Waals surface area contributed by atoms with Crippen molar-refractivity contribution in [2.45, 2.75) is 40.2 Å².